The average molecular weight is 391 g/mol. The van der Waals surface area contributed by atoms with Crippen molar-refractivity contribution in [1.82, 2.24) is 15.3 Å². The topological polar surface area (TPSA) is 133 Å². The first kappa shape index (κ1) is 19.8. The Bertz CT molecular complexity index is 828. The van der Waals surface area contributed by atoms with E-state index in [-0.39, 0.29) is 41.5 Å². The number of nitrogens with zero attached hydrogens (tertiary/aromatic N) is 2. The fourth-order valence-corrected chi connectivity index (χ4v) is 3.62. The van der Waals surface area contributed by atoms with Crippen molar-refractivity contribution in [1.29, 1.82) is 0 Å². The first-order valence-corrected chi connectivity index (χ1v) is 9.57. The molecule has 3 rings (SSSR count). The van der Waals surface area contributed by atoms with Crippen molar-refractivity contribution in [2.45, 2.75) is 39.0 Å². The number of rotatable bonds is 5. The first-order chi connectivity index (χ1) is 13.4. The molecule has 3 heterocycles. The van der Waals surface area contributed by atoms with E-state index in [1.54, 1.807) is 13.8 Å². The van der Waals surface area contributed by atoms with Crippen LogP contribution in [0.25, 0.3) is 0 Å². The molecule has 0 radical (unpaired) electrons. The number of carbonyl (C=O) groups is 3. The molecule has 2 aliphatic rings. The van der Waals surface area contributed by atoms with E-state index in [2.05, 4.69) is 20.6 Å². The number of carbonyl (C=O) groups excluding carboxylic acids is 3. The van der Waals surface area contributed by atoms with Crippen LogP contribution in [-0.2, 0) is 19.1 Å². The highest BCUT2D eigenvalue weighted by Crippen LogP contribution is 2.30. The number of piperidine rings is 1. The summed E-state index contributed by atoms with van der Waals surface area (Å²) in [4.78, 5) is 57.8. The molecular formula is C18H25N5O5. The average Bonchev–Trinajstić information content (AvgIpc) is 2.67. The zero-order valence-electron chi connectivity index (χ0n) is 16.0. The predicted molar refractivity (Wildman–Crippen MR) is 101 cm³/mol. The van der Waals surface area contributed by atoms with Crippen LogP contribution in [0.2, 0.25) is 0 Å². The Kier molecular flexibility index (Phi) is 5.96. The largest absolute Gasteiger partial charge is 0.466 e. The molecule has 1 fully saturated rings. The third-order valence-electron chi connectivity index (χ3n) is 5.02. The minimum absolute atomic E-state index is 0.0894. The maximum absolute atomic E-state index is 12.7. The summed E-state index contributed by atoms with van der Waals surface area (Å²) in [6, 6.07) is 0. The van der Waals surface area contributed by atoms with Crippen LogP contribution < -0.4 is 21.1 Å². The van der Waals surface area contributed by atoms with Gasteiger partial charge in [-0.3, -0.25) is 24.2 Å². The summed E-state index contributed by atoms with van der Waals surface area (Å²) in [6.45, 7) is 5.36. The van der Waals surface area contributed by atoms with Crippen LogP contribution in [0.1, 0.15) is 44.6 Å². The molecule has 1 atom stereocenters. The van der Waals surface area contributed by atoms with Gasteiger partial charge in [-0.1, -0.05) is 0 Å². The molecule has 0 spiro atoms. The number of esters is 1. The molecule has 0 aromatic carbocycles. The smallest absolute Gasteiger partial charge is 0.309 e. The van der Waals surface area contributed by atoms with Gasteiger partial charge >= 0.3 is 5.97 Å². The van der Waals surface area contributed by atoms with Crippen LogP contribution >= 0.6 is 0 Å². The summed E-state index contributed by atoms with van der Waals surface area (Å²) in [5.74, 6) is -1.50. The Labute approximate surface area is 162 Å². The molecule has 0 saturated carbocycles. The normalized spacial score (nSPS) is 19.6. The lowest BCUT2D eigenvalue weighted by Gasteiger charge is -2.32. The number of ether oxygens (including phenoxy) is 1. The molecule has 28 heavy (non-hydrogen) atoms. The molecule has 0 bridgehead atoms. The van der Waals surface area contributed by atoms with Crippen LogP contribution in [0.15, 0.2) is 4.79 Å². The molecule has 10 nitrogen and oxygen atoms in total. The van der Waals surface area contributed by atoms with Crippen molar-refractivity contribution in [3.63, 3.8) is 0 Å². The molecule has 0 aliphatic carbocycles. The van der Waals surface area contributed by atoms with Crippen molar-refractivity contribution in [2.75, 3.05) is 36.5 Å². The van der Waals surface area contributed by atoms with Gasteiger partial charge in [0.15, 0.2) is 0 Å². The fraction of sp³-hybridized carbons (Fsp3) is 0.611. The molecule has 10 heteroatoms. The van der Waals surface area contributed by atoms with Crippen LogP contribution in [0.4, 0.5) is 11.8 Å². The van der Waals surface area contributed by atoms with Crippen molar-refractivity contribution in [3.8, 4) is 0 Å². The highest BCUT2D eigenvalue weighted by molar-refractivity contribution is 6.00. The van der Waals surface area contributed by atoms with E-state index in [1.807, 2.05) is 4.90 Å². The molecule has 0 unspecified atom stereocenters. The summed E-state index contributed by atoms with van der Waals surface area (Å²) in [5.41, 5.74) is -0.264. The van der Waals surface area contributed by atoms with E-state index < -0.39 is 11.5 Å². The quantitative estimate of drug-likeness (QED) is 0.607. The summed E-state index contributed by atoms with van der Waals surface area (Å²) in [7, 11) is 0. The van der Waals surface area contributed by atoms with Gasteiger partial charge in [-0.15, -0.1) is 0 Å². The lowest BCUT2D eigenvalue weighted by molar-refractivity contribution is -0.148. The van der Waals surface area contributed by atoms with Crippen molar-refractivity contribution >= 4 is 29.5 Å². The van der Waals surface area contributed by atoms with Crippen LogP contribution in [-0.4, -0.2) is 54.0 Å². The highest BCUT2D eigenvalue weighted by Gasteiger charge is 2.35. The van der Waals surface area contributed by atoms with E-state index in [0.717, 1.165) is 0 Å². The number of aromatic amines is 1. The standard InChI is InChI=1S/C18H25N5O5/c1-3-19-15(25)11-9-12(24)20-14-13(11)16(26)22-18(21-14)23-7-5-10(6-8-23)17(27)28-4-2/h10-11H,3-9H2,1-2H3,(H,19,25)(H2,20,21,22,24,26)/t11-/m0/s1. The van der Waals surface area contributed by atoms with Crippen LogP contribution in [0, 0.1) is 5.92 Å². The van der Waals surface area contributed by atoms with Crippen LogP contribution in [0.5, 0.6) is 0 Å². The zero-order chi connectivity index (χ0) is 20.3. The van der Waals surface area contributed by atoms with Crippen molar-refractivity contribution in [2.24, 2.45) is 5.92 Å². The van der Waals surface area contributed by atoms with E-state index in [1.165, 1.54) is 0 Å². The Balaban J connectivity index is 1.81. The number of nitrogens with one attached hydrogen (secondary N) is 3. The van der Waals surface area contributed by atoms with Gasteiger partial charge in [0.2, 0.25) is 17.8 Å². The third kappa shape index (κ3) is 4.00. The first-order valence-electron chi connectivity index (χ1n) is 9.57. The molecule has 3 N–H and O–H groups in total. The Morgan fingerprint density at radius 1 is 1.25 bits per heavy atom. The number of hydrogen-bond acceptors (Lipinski definition) is 7. The number of amides is 2. The second-order valence-corrected chi connectivity index (χ2v) is 6.86. The van der Waals surface area contributed by atoms with Crippen molar-refractivity contribution < 1.29 is 19.1 Å². The van der Waals surface area contributed by atoms with E-state index in [9.17, 15) is 19.2 Å². The Hall–Kier alpha value is -2.91. The maximum atomic E-state index is 12.7. The lowest BCUT2D eigenvalue weighted by Crippen LogP contribution is -2.41. The van der Waals surface area contributed by atoms with Gasteiger partial charge in [0, 0.05) is 26.1 Å². The summed E-state index contributed by atoms with van der Waals surface area (Å²) in [5, 5.41) is 5.25. The number of fused-ring (bicyclic) bond motifs is 1. The summed E-state index contributed by atoms with van der Waals surface area (Å²) < 4.78 is 5.07. The Morgan fingerprint density at radius 2 is 1.96 bits per heavy atom. The molecule has 1 aromatic rings. The lowest BCUT2D eigenvalue weighted by atomic mass is 9.92. The molecular weight excluding hydrogens is 366 g/mol. The van der Waals surface area contributed by atoms with E-state index in [4.69, 9.17) is 4.74 Å². The zero-order valence-corrected chi connectivity index (χ0v) is 16.0. The predicted octanol–water partition coefficient (Wildman–Crippen LogP) is 0.111. The number of anilines is 2. The fourth-order valence-electron chi connectivity index (χ4n) is 3.62. The number of aromatic nitrogens is 2. The number of likely N-dealkylation sites (N-methyl/N-ethyl adjacent to an activating group) is 1. The monoisotopic (exact) mass is 391 g/mol. The maximum Gasteiger partial charge on any atom is 0.309 e. The highest BCUT2D eigenvalue weighted by atomic mass is 16.5. The van der Waals surface area contributed by atoms with Gasteiger partial charge in [-0.25, -0.2) is 0 Å². The second kappa shape index (κ2) is 8.41. The van der Waals surface area contributed by atoms with E-state index in [0.29, 0.717) is 45.0 Å². The van der Waals surface area contributed by atoms with Gasteiger partial charge in [-0.2, -0.15) is 4.98 Å². The van der Waals surface area contributed by atoms with Gasteiger partial charge in [0.25, 0.3) is 5.56 Å². The SMILES string of the molecule is CCNC(=O)[C@H]1CC(=O)Nc2nc(N3CCC(C(=O)OCC)CC3)[nH]c(=O)c21. The minimum Gasteiger partial charge on any atom is -0.466 e. The van der Waals surface area contributed by atoms with Crippen LogP contribution in [0.3, 0.4) is 0 Å². The summed E-state index contributed by atoms with van der Waals surface area (Å²) >= 11 is 0. The minimum atomic E-state index is -0.858. The Morgan fingerprint density at radius 3 is 2.61 bits per heavy atom. The number of hydrogen-bond donors (Lipinski definition) is 3. The molecule has 152 valence electrons. The molecule has 2 amide bonds. The summed E-state index contributed by atoms with van der Waals surface area (Å²) in [6.07, 6.45) is 1.09. The van der Waals surface area contributed by atoms with Gasteiger partial charge in [0.1, 0.15) is 5.82 Å². The molecule has 1 saturated heterocycles. The van der Waals surface area contributed by atoms with Crippen molar-refractivity contribution in [3.05, 3.63) is 15.9 Å². The third-order valence-corrected chi connectivity index (χ3v) is 5.02. The molecule has 1 aromatic heterocycles. The van der Waals surface area contributed by atoms with Gasteiger partial charge in [-0.05, 0) is 26.7 Å². The second-order valence-electron chi connectivity index (χ2n) is 6.86. The molecule has 2 aliphatic heterocycles. The van der Waals surface area contributed by atoms with Gasteiger partial charge in [0.05, 0.1) is 24.0 Å². The van der Waals surface area contributed by atoms with E-state index >= 15 is 0 Å². The van der Waals surface area contributed by atoms with Gasteiger partial charge < -0.3 is 20.3 Å². The number of H-pyrrole nitrogens is 1.